The summed E-state index contributed by atoms with van der Waals surface area (Å²) in [6.07, 6.45) is 7.10. The first-order valence-electron chi connectivity index (χ1n) is 8.70. The minimum atomic E-state index is -3.50. The molecule has 8 heteroatoms. The van der Waals surface area contributed by atoms with Crippen LogP contribution in [0, 0.1) is 0 Å². The van der Waals surface area contributed by atoms with E-state index in [0.29, 0.717) is 28.9 Å². The molecule has 0 spiro atoms. The maximum absolute atomic E-state index is 12.5. The van der Waals surface area contributed by atoms with Crippen LogP contribution in [0.1, 0.15) is 42.4 Å². The molecule has 3 aromatic rings. The van der Waals surface area contributed by atoms with Crippen LogP contribution in [-0.2, 0) is 16.4 Å². The number of oxazole rings is 1. The van der Waals surface area contributed by atoms with Gasteiger partial charge in [0, 0.05) is 17.3 Å². The van der Waals surface area contributed by atoms with Gasteiger partial charge in [-0.3, -0.25) is 0 Å². The van der Waals surface area contributed by atoms with E-state index in [2.05, 4.69) is 9.71 Å². The van der Waals surface area contributed by atoms with Crippen LogP contribution in [0.2, 0.25) is 0 Å². The Bertz CT molecular complexity index is 952. The molecule has 1 saturated carbocycles. The minimum Gasteiger partial charge on any atom is -0.440 e. The lowest BCUT2D eigenvalue weighted by Crippen LogP contribution is -2.25. The molecule has 26 heavy (non-hydrogen) atoms. The fourth-order valence-electron chi connectivity index (χ4n) is 3.19. The zero-order valence-corrected chi connectivity index (χ0v) is 16.6. The molecule has 4 rings (SSSR count). The Labute approximate surface area is 161 Å². The van der Waals surface area contributed by atoms with Crippen molar-refractivity contribution in [1.29, 1.82) is 0 Å². The van der Waals surface area contributed by atoms with Gasteiger partial charge in [-0.15, -0.1) is 22.7 Å². The van der Waals surface area contributed by atoms with Crippen molar-refractivity contribution >= 4 is 32.7 Å². The van der Waals surface area contributed by atoms with Crippen molar-refractivity contribution in [2.45, 2.75) is 42.2 Å². The Hall–Kier alpha value is -1.48. The van der Waals surface area contributed by atoms with Crippen molar-refractivity contribution < 1.29 is 12.8 Å². The van der Waals surface area contributed by atoms with Gasteiger partial charge in [0.25, 0.3) is 0 Å². The molecule has 1 aliphatic rings. The molecule has 0 unspecified atom stereocenters. The van der Waals surface area contributed by atoms with Gasteiger partial charge in [-0.25, -0.2) is 18.1 Å². The van der Waals surface area contributed by atoms with Gasteiger partial charge in [-0.2, -0.15) is 0 Å². The van der Waals surface area contributed by atoms with Gasteiger partial charge in [0.2, 0.25) is 10.0 Å². The highest BCUT2D eigenvalue weighted by Crippen LogP contribution is 2.37. The number of nitrogens with one attached hydrogen (secondary N) is 1. The van der Waals surface area contributed by atoms with Gasteiger partial charge < -0.3 is 4.42 Å². The summed E-state index contributed by atoms with van der Waals surface area (Å²) in [7, 11) is -3.50. The molecule has 0 aliphatic heterocycles. The van der Waals surface area contributed by atoms with Crippen molar-refractivity contribution in [3.63, 3.8) is 0 Å². The van der Waals surface area contributed by atoms with Crippen molar-refractivity contribution in [3.05, 3.63) is 46.6 Å². The molecule has 0 atom stereocenters. The highest BCUT2D eigenvalue weighted by atomic mass is 32.2. The summed E-state index contributed by atoms with van der Waals surface area (Å²) < 4.78 is 33.8. The fraction of sp³-hybridized carbons (Fsp3) is 0.389. The number of hydrogen-bond acceptors (Lipinski definition) is 6. The van der Waals surface area contributed by atoms with E-state index in [-0.39, 0.29) is 0 Å². The van der Waals surface area contributed by atoms with Gasteiger partial charge in [0.15, 0.2) is 11.7 Å². The van der Waals surface area contributed by atoms with Crippen LogP contribution in [0.25, 0.3) is 10.6 Å². The van der Waals surface area contributed by atoms with Crippen LogP contribution in [0.4, 0.5) is 0 Å². The number of sulfonamides is 1. The second kappa shape index (κ2) is 7.64. The van der Waals surface area contributed by atoms with E-state index in [0.717, 1.165) is 23.6 Å². The zero-order chi connectivity index (χ0) is 18.0. The van der Waals surface area contributed by atoms with E-state index in [4.69, 9.17) is 4.42 Å². The summed E-state index contributed by atoms with van der Waals surface area (Å²) in [5.74, 6) is 1.84. The second-order valence-electron chi connectivity index (χ2n) is 6.39. The Balaban J connectivity index is 1.43. The lowest BCUT2D eigenvalue weighted by Gasteiger charge is -2.03. The Morgan fingerprint density at radius 2 is 2.08 bits per heavy atom. The third kappa shape index (κ3) is 3.93. The smallest absolute Gasteiger partial charge is 0.250 e. The fourth-order valence-corrected chi connectivity index (χ4v) is 6.23. The Kier molecular flexibility index (Phi) is 5.26. The molecular weight excluding hydrogens is 388 g/mol. The molecule has 1 fully saturated rings. The molecule has 0 radical (unpaired) electrons. The van der Waals surface area contributed by atoms with Crippen LogP contribution in [-0.4, -0.2) is 19.9 Å². The van der Waals surface area contributed by atoms with Gasteiger partial charge in [0.05, 0.1) is 11.1 Å². The first-order chi connectivity index (χ1) is 12.6. The Morgan fingerprint density at radius 3 is 2.85 bits per heavy atom. The van der Waals surface area contributed by atoms with Gasteiger partial charge in [0.1, 0.15) is 4.21 Å². The van der Waals surface area contributed by atoms with Gasteiger partial charge >= 0.3 is 0 Å². The third-order valence-electron chi connectivity index (χ3n) is 4.56. The molecule has 0 amide bonds. The lowest BCUT2D eigenvalue weighted by molar-refractivity contribution is 0.458. The third-order valence-corrected chi connectivity index (χ3v) is 8.55. The summed E-state index contributed by atoms with van der Waals surface area (Å²) in [6.45, 7) is 0.393. The van der Waals surface area contributed by atoms with Crippen LogP contribution < -0.4 is 4.72 Å². The SMILES string of the molecule is O=S(=O)(NCCc1cccs1)c1ccc(-c2cnc(C3CCCC3)o2)s1. The molecule has 0 saturated heterocycles. The summed E-state index contributed by atoms with van der Waals surface area (Å²) >= 11 is 2.85. The average Bonchev–Trinajstić information content (AvgIpc) is 3.41. The standard InChI is InChI=1S/C18H20N2O3S3/c21-26(22,20-10-9-14-6-3-11-24-14)17-8-7-16(25-17)15-12-19-18(23-15)13-4-1-2-5-13/h3,6-8,11-13,20H,1-2,4-5,9-10H2. The van der Waals surface area contributed by atoms with Crippen molar-refractivity contribution in [2.24, 2.45) is 0 Å². The first kappa shape index (κ1) is 17.9. The predicted molar refractivity (Wildman–Crippen MR) is 104 cm³/mol. The minimum absolute atomic E-state index is 0.303. The predicted octanol–water partition coefficient (Wildman–Crippen LogP) is 4.64. The highest BCUT2D eigenvalue weighted by Gasteiger charge is 2.23. The van der Waals surface area contributed by atoms with Gasteiger partial charge in [-0.1, -0.05) is 18.9 Å². The van der Waals surface area contributed by atoms with Crippen LogP contribution in [0.3, 0.4) is 0 Å². The van der Waals surface area contributed by atoms with E-state index in [1.54, 1.807) is 29.7 Å². The van der Waals surface area contributed by atoms with E-state index in [1.165, 1.54) is 29.1 Å². The summed E-state index contributed by atoms with van der Waals surface area (Å²) in [5.41, 5.74) is 0. The molecule has 3 aromatic heterocycles. The van der Waals surface area contributed by atoms with Crippen molar-refractivity contribution in [1.82, 2.24) is 9.71 Å². The maximum atomic E-state index is 12.5. The molecule has 3 heterocycles. The van der Waals surface area contributed by atoms with Crippen molar-refractivity contribution in [2.75, 3.05) is 6.54 Å². The number of aromatic nitrogens is 1. The van der Waals surface area contributed by atoms with Crippen LogP contribution >= 0.6 is 22.7 Å². The average molecular weight is 409 g/mol. The van der Waals surface area contributed by atoms with E-state index < -0.39 is 10.0 Å². The molecule has 5 nitrogen and oxygen atoms in total. The number of nitrogens with zero attached hydrogens (tertiary/aromatic N) is 1. The zero-order valence-electron chi connectivity index (χ0n) is 14.2. The van der Waals surface area contributed by atoms with Crippen molar-refractivity contribution in [3.8, 4) is 10.6 Å². The summed E-state index contributed by atoms with van der Waals surface area (Å²) in [6, 6.07) is 7.40. The number of rotatable bonds is 7. The summed E-state index contributed by atoms with van der Waals surface area (Å²) in [4.78, 5) is 6.36. The van der Waals surface area contributed by atoms with Crippen LogP contribution in [0.5, 0.6) is 0 Å². The van der Waals surface area contributed by atoms with E-state index in [1.807, 2.05) is 17.5 Å². The second-order valence-corrected chi connectivity index (χ2v) is 10.5. The molecule has 0 bridgehead atoms. The van der Waals surface area contributed by atoms with E-state index >= 15 is 0 Å². The molecule has 0 aromatic carbocycles. The first-order valence-corrected chi connectivity index (χ1v) is 11.9. The Morgan fingerprint density at radius 1 is 1.23 bits per heavy atom. The highest BCUT2D eigenvalue weighted by molar-refractivity contribution is 7.91. The topological polar surface area (TPSA) is 72.2 Å². The molecule has 1 aliphatic carbocycles. The quantitative estimate of drug-likeness (QED) is 0.618. The molecular formula is C18H20N2O3S3. The molecule has 138 valence electrons. The number of hydrogen-bond donors (Lipinski definition) is 1. The number of thiophene rings is 2. The van der Waals surface area contributed by atoms with Crippen LogP contribution in [0.15, 0.2) is 44.5 Å². The van der Waals surface area contributed by atoms with Gasteiger partial charge in [-0.05, 0) is 42.8 Å². The van der Waals surface area contributed by atoms with E-state index in [9.17, 15) is 8.42 Å². The summed E-state index contributed by atoms with van der Waals surface area (Å²) in [5, 5.41) is 1.99. The largest absolute Gasteiger partial charge is 0.440 e. The molecule has 1 N–H and O–H groups in total. The lowest BCUT2D eigenvalue weighted by atomic mass is 10.1. The monoisotopic (exact) mass is 408 g/mol. The normalized spacial score (nSPS) is 15.7. The maximum Gasteiger partial charge on any atom is 0.250 e.